The Hall–Kier alpha value is -1.64. The molecule has 1 atom stereocenters. The standard InChI is InChI=1S/C11H12N4S/c1-8(6-7-12)15(13)11-14-9-4-2-3-5-10(9)16-11/h2-5,8H,6,13H2,1H3. The first kappa shape index (κ1) is 10.9. The summed E-state index contributed by atoms with van der Waals surface area (Å²) in [5, 5.41) is 10.9. The lowest BCUT2D eigenvalue weighted by atomic mass is 10.2. The van der Waals surface area contributed by atoms with E-state index in [-0.39, 0.29) is 6.04 Å². The summed E-state index contributed by atoms with van der Waals surface area (Å²) >= 11 is 1.54. The zero-order valence-electron chi connectivity index (χ0n) is 8.92. The molecular weight excluding hydrogens is 220 g/mol. The molecule has 0 radical (unpaired) electrons. The maximum atomic E-state index is 8.62. The second kappa shape index (κ2) is 4.47. The third-order valence-electron chi connectivity index (χ3n) is 2.37. The molecule has 2 aromatic rings. The third kappa shape index (κ3) is 1.98. The van der Waals surface area contributed by atoms with E-state index in [1.165, 1.54) is 11.3 Å². The molecule has 1 aromatic carbocycles. The van der Waals surface area contributed by atoms with Crippen molar-refractivity contribution in [1.82, 2.24) is 4.98 Å². The van der Waals surface area contributed by atoms with Gasteiger partial charge in [0.1, 0.15) is 0 Å². The number of anilines is 1. The molecule has 0 bridgehead atoms. The SMILES string of the molecule is CC(CC#N)N(N)c1nc2ccccc2s1. The van der Waals surface area contributed by atoms with Crippen LogP contribution in [0.2, 0.25) is 0 Å². The zero-order chi connectivity index (χ0) is 11.5. The number of hydrazine groups is 1. The third-order valence-corrected chi connectivity index (χ3v) is 3.41. The lowest BCUT2D eigenvalue weighted by Gasteiger charge is -2.20. The van der Waals surface area contributed by atoms with Crippen LogP contribution in [0.4, 0.5) is 5.13 Å². The van der Waals surface area contributed by atoms with Gasteiger partial charge in [0, 0.05) is 0 Å². The summed E-state index contributed by atoms with van der Waals surface area (Å²) in [4.78, 5) is 4.43. The smallest absolute Gasteiger partial charge is 0.201 e. The normalized spacial score (nSPS) is 12.3. The Labute approximate surface area is 97.9 Å². The monoisotopic (exact) mass is 232 g/mol. The Kier molecular flexibility index (Phi) is 3.04. The van der Waals surface area contributed by atoms with Gasteiger partial charge in [0.05, 0.1) is 28.7 Å². The Morgan fingerprint density at radius 3 is 3.00 bits per heavy atom. The number of aromatic nitrogens is 1. The number of para-hydroxylation sites is 1. The minimum absolute atomic E-state index is 0.0226. The number of rotatable bonds is 3. The van der Waals surface area contributed by atoms with E-state index in [0.717, 1.165) is 15.3 Å². The number of hydrogen-bond acceptors (Lipinski definition) is 5. The van der Waals surface area contributed by atoms with Gasteiger partial charge in [-0.15, -0.1) is 0 Å². The minimum Gasteiger partial charge on any atom is -0.282 e. The molecule has 16 heavy (non-hydrogen) atoms. The van der Waals surface area contributed by atoms with Crippen molar-refractivity contribution in [2.24, 2.45) is 5.84 Å². The molecule has 4 nitrogen and oxygen atoms in total. The zero-order valence-corrected chi connectivity index (χ0v) is 9.74. The summed E-state index contributed by atoms with van der Waals surface area (Å²) in [6, 6.07) is 9.98. The van der Waals surface area contributed by atoms with Crippen LogP contribution in [0.5, 0.6) is 0 Å². The summed E-state index contributed by atoms with van der Waals surface area (Å²) in [5.41, 5.74) is 0.946. The molecule has 0 saturated carbocycles. The second-order valence-corrected chi connectivity index (χ2v) is 4.59. The van der Waals surface area contributed by atoms with E-state index in [1.54, 1.807) is 5.01 Å². The molecule has 82 valence electrons. The Balaban J connectivity index is 2.30. The number of hydrogen-bond donors (Lipinski definition) is 1. The predicted molar refractivity (Wildman–Crippen MR) is 66.0 cm³/mol. The number of fused-ring (bicyclic) bond motifs is 1. The fourth-order valence-electron chi connectivity index (χ4n) is 1.39. The van der Waals surface area contributed by atoms with Crippen molar-refractivity contribution in [2.75, 3.05) is 5.01 Å². The second-order valence-electron chi connectivity index (χ2n) is 3.58. The number of benzene rings is 1. The Morgan fingerprint density at radius 1 is 1.56 bits per heavy atom. The molecule has 0 aliphatic heterocycles. The fourth-order valence-corrected chi connectivity index (χ4v) is 2.38. The van der Waals surface area contributed by atoms with Crippen LogP contribution in [0.3, 0.4) is 0 Å². The van der Waals surface area contributed by atoms with Crippen LogP contribution >= 0.6 is 11.3 Å². The van der Waals surface area contributed by atoms with E-state index in [9.17, 15) is 0 Å². The summed E-state index contributed by atoms with van der Waals surface area (Å²) in [6.45, 7) is 1.91. The van der Waals surface area contributed by atoms with Crippen molar-refractivity contribution in [3.05, 3.63) is 24.3 Å². The molecule has 0 aliphatic carbocycles. The van der Waals surface area contributed by atoms with Gasteiger partial charge < -0.3 is 0 Å². The number of nitrogens with two attached hydrogens (primary N) is 1. The van der Waals surface area contributed by atoms with E-state index in [2.05, 4.69) is 11.1 Å². The topological polar surface area (TPSA) is 65.9 Å². The number of nitrogens with zero attached hydrogens (tertiary/aromatic N) is 3. The minimum atomic E-state index is -0.0226. The molecule has 5 heteroatoms. The van der Waals surface area contributed by atoms with E-state index < -0.39 is 0 Å². The van der Waals surface area contributed by atoms with Gasteiger partial charge in [0.15, 0.2) is 0 Å². The summed E-state index contributed by atoms with van der Waals surface area (Å²) < 4.78 is 1.11. The van der Waals surface area contributed by atoms with E-state index in [4.69, 9.17) is 11.1 Å². The highest BCUT2D eigenvalue weighted by Gasteiger charge is 2.14. The lowest BCUT2D eigenvalue weighted by Crippen LogP contribution is -2.39. The van der Waals surface area contributed by atoms with Gasteiger partial charge >= 0.3 is 0 Å². The highest BCUT2D eigenvalue weighted by molar-refractivity contribution is 7.22. The lowest BCUT2D eigenvalue weighted by molar-refractivity contribution is 0.665. The van der Waals surface area contributed by atoms with Crippen molar-refractivity contribution in [3.63, 3.8) is 0 Å². The maximum absolute atomic E-state index is 8.62. The quantitative estimate of drug-likeness (QED) is 0.651. The average Bonchev–Trinajstić information content (AvgIpc) is 2.71. The summed E-state index contributed by atoms with van der Waals surface area (Å²) in [5.74, 6) is 5.92. The van der Waals surface area contributed by atoms with Crippen LogP contribution in [0.15, 0.2) is 24.3 Å². The molecule has 2 N–H and O–H groups in total. The number of nitriles is 1. The molecular formula is C11H12N4S. The molecule has 1 unspecified atom stereocenters. The Bertz CT molecular complexity index is 495. The van der Waals surface area contributed by atoms with Gasteiger partial charge in [0.2, 0.25) is 5.13 Å². The van der Waals surface area contributed by atoms with Crippen LogP contribution in [0.1, 0.15) is 13.3 Å². The first-order chi connectivity index (χ1) is 7.72. The van der Waals surface area contributed by atoms with E-state index in [1.807, 2.05) is 31.2 Å². The summed E-state index contributed by atoms with van der Waals surface area (Å²) in [7, 11) is 0. The summed E-state index contributed by atoms with van der Waals surface area (Å²) in [6.07, 6.45) is 0.395. The Morgan fingerprint density at radius 2 is 2.31 bits per heavy atom. The average molecular weight is 232 g/mol. The number of thiazole rings is 1. The van der Waals surface area contributed by atoms with E-state index >= 15 is 0 Å². The molecule has 1 heterocycles. The highest BCUT2D eigenvalue weighted by atomic mass is 32.1. The molecule has 0 saturated heterocycles. The van der Waals surface area contributed by atoms with Crippen LogP contribution in [0.25, 0.3) is 10.2 Å². The highest BCUT2D eigenvalue weighted by Crippen LogP contribution is 2.28. The van der Waals surface area contributed by atoms with Crippen molar-refractivity contribution in [3.8, 4) is 6.07 Å². The van der Waals surface area contributed by atoms with Gasteiger partial charge in [-0.1, -0.05) is 23.5 Å². The molecule has 0 aliphatic rings. The van der Waals surface area contributed by atoms with Crippen molar-refractivity contribution < 1.29 is 0 Å². The molecule has 2 rings (SSSR count). The van der Waals surface area contributed by atoms with Crippen molar-refractivity contribution >= 4 is 26.7 Å². The molecule has 0 amide bonds. The van der Waals surface area contributed by atoms with Gasteiger partial charge in [-0.3, -0.25) is 5.01 Å². The van der Waals surface area contributed by atoms with Crippen molar-refractivity contribution in [1.29, 1.82) is 5.26 Å². The first-order valence-corrected chi connectivity index (χ1v) is 5.80. The predicted octanol–water partition coefficient (Wildman–Crippen LogP) is 2.28. The first-order valence-electron chi connectivity index (χ1n) is 4.99. The van der Waals surface area contributed by atoms with Gasteiger partial charge in [-0.25, -0.2) is 10.8 Å². The molecule has 1 aromatic heterocycles. The van der Waals surface area contributed by atoms with Crippen molar-refractivity contribution in [2.45, 2.75) is 19.4 Å². The van der Waals surface area contributed by atoms with Crippen LogP contribution in [-0.4, -0.2) is 11.0 Å². The van der Waals surface area contributed by atoms with Gasteiger partial charge in [-0.05, 0) is 19.1 Å². The molecule has 0 spiro atoms. The van der Waals surface area contributed by atoms with Crippen LogP contribution < -0.4 is 10.9 Å². The van der Waals surface area contributed by atoms with Gasteiger partial charge in [-0.2, -0.15) is 5.26 Å². The van der Waals surface area contributed by atoms with E-state index in [0.29, 0.717) is 6.42 Å². The fraction of sp³-hybridized carbons (Fsp3) is 0.273. The maximum Gasteiger partial charge on any atom is 0.201 e. The molecule has 0 fully saturated rings. The van der Waals surface area contributed by atoms with Crippen LogP contribution in [-0.2, 0) is 0 Å². The van der Waals surface area contributed by atoms with Crippen LogP contribution in [0, 0.1) is 11.3 Å². The largest absolute Gasteiger partial charge is 0.282 e. The van der Waals surface area contributed by atoms with Gasteiger partial charge in [0.25, 0.3) is 0 Å².